The number of carbonyl (C=O) groups excluding carboxylic acids is 2. The number of nitrogens with one attached hydrogen (secondary N) is 4. The fourth-order valence-electron chi connectivity index (χ4n) is 1.54. The number of rotatable bonds is 7. The van der Waals surface area contributed by atoms with Crippen LogP contribution in [0, 0.1) is 0 Å². The van der Waals surface area contributed by atoms with Gasteiger partial charge in [-0.05, 0) is 24.7 Å². The minimum atomic E-state index is -1.14. The van der Waals surface area contributed by atoms with Crippen molar-refractivity contribution in [1.82, 2.24) is 16.0 Å². The van der Waals surface area contributed by atoms with Gasteiger partial charge in [0, 0.05) is 12.2 Å². The molecule has 0 unspecified atom stereocenters. The minimum absolute atomic E-state index is 0.296. The second kappa shape index (κ2) is 8.54. The number of anilines is 1. The van der Waals surface area contributed by atoms with E-state index < -0.39 is 24.5 Å². The van der Waals surface area contributed by atoms with Crippen LogP contribution in [0.15, 0.2) is 24.3 Å². The topological polar surface area (TPSA) is 120 Å². The van der Waals surface area contributed by atoms with Crippen LogP contribution < -0.4 is 21.3 Å². The summed E-state index contributed by atoms with van der Waals surface area (Å²) in [5.41, 5.74) is 1.61. The molecule has 21 heavy (non-hydrogen) atoms. The minimum Gasteiger partial charge on any atom is -0.480 e. The smallest absolute Gasteiger partial charge is 0.322 e. The number of hydrogen-bond acceptors (Lipinski definition) is 4. The lowest BCUT2D eigenvalue weighted by Gasteiger charge is -2.09. The zero-order valence-electron chi connectivity index (χ0n) is 11.6. The SMILES string of the molecule is CNCc1cccc(NC(=O)NCC(=O)NCC(=O)O)c1. The fraction of sp³-hybridized carbons (Fsp3) is 0.308. The van der Waals surface area contributed by atoms with E-state index in [0.717, 1.165) is 5.56 Å². The maximum Gasteiger partial charge on any atom is 0.322 e. The molecule has 0 atom stereocenters. The first-order chi connectivity index (χ1) is 10.0. The molecular weight excluding hydrogens is 276 g/mol. The predicted molar refractivity (Wildman–Crippen MR) is 76.9 cm³/mol. The first-order valence-electron chi connectivity index (χ1n) is 6.28. The molecule has 114 valence electrons. The molecule has 0 saturated carbocycles. The summed E-state index contributed by atoms with van der Waals surface area (Å²) in [6, 6.07) is 6.71. The molecule has 0 aliphatic rings. The van der Waals surface area contributed by atoms with Crippen molar-refractivity contribution in [1.29, 1.82) is 0 Å². The second-order valence-corrected chi connectivity index (χ2v) is 4.21. The van der Waals surface area contributed by atoms with Gasteiger partial charge in [-0.15, -0.1) is 0 Å². The summed E-state index contributed by atoms with van der Waals surface area (Å²) in [6.07, 6.45) is 0. The van der Waals surface area contributed by atoms with E-state index in [0.29, 0.717) is 12.2 Å². The van der Waals surface area contributed by atoms with Crippen LogP contribution in [0.1, 0.15) is 5.56 Å². The average molecular weight is 294 g/mol. The van der Waals surface area contributed by atoms with Crippen molar-refractivity contribution in [3.05, 3.63) is 29.8 Å². The highest BCUT2D eigenvalue weighted by atomic mass is 16.4. The van der Waals surface area contributed by atoms with Crippen molar-refractivity contribution in [3.63, 3.8) is 0 Å². The Morgan fingerprint density at radius 3 is 2.57 bits per heavy atom. The van der Waals surface area contributed by atoms with Crippen LogP contribution in [-0.2, 0) is 16.1 Å². The number of benzene rings is 1. The Morgan fingerprint density at radius 1 is 1.14 bits per heavy atom. The molecular formula is C13H18N4O4. The Kier molecular flexibility index (Phi) is 6.69. The van der Waals surface area contributed by atoms with Gasteiger partial charge in [0.15, 0.2) is 0 Å². The fourth-order valence-corrected chi connectivity index (χ4v) is 1.54. The summed E-state index contributed by atoms with van der Waals surface area (Å²) in [7, 11) is 1.82. The van der Waals surface area contributed by atoms with Crippen LogP contribution in [0.25, 0.3) is 0 Å². The molecule has 0 spiro atoms. The molecule has 0 aromatic heterocycles. The van der Waals surface area contributed by atoms with Crippen molar-refractivity contribution < 1.29 is 19.5 Å². The monoisotopic (exact) mass is 294 g/mol. The highest BCUT2D eigenvalue weighted by Gasteiger charge is 2.07. The number of aliphatic carboxylic acids is 1. The van der Waals surface area contributed by atoms with Crippen molar-refractivity contribution in [3.8, 4) is 0 Å². The number of amides is 3. The van der Waals surface area contributed by atoms with Crippen molar-refractivity contribution >= 4 is 23.6 Å². The lowest BCUT2D eigenvalue weighted by atomic mass is 10.2. The number of hydrogen-bond donors (Lipinski definition) is 5. The Morgan fingerprint density at radius 2 is 1.90 bits per heavy atom. The molecule has 0 heterocycles. The van der Waals surface area contributed by atoms with Gasteiger partial charge in [0.1, 0.15) is 6.54 Å². The summed E-state index contributed by atoms with van der Waals surface area (Å²) < 4.78 is 0. The van der Waals surface area contributed by atoms with E-state index in [-0.39, 0.29) is 6.54 Å². The largest absolute Gasteiger partial charge is 0.480 e. The Hall–Kier alpha value is -2.61. The molecule has 0 aliphatic heterocycles. The average Bonchev–Trinajstić information content (AvgIpc) is 2.43. The molecule has 0 fully saturated rings. The Labute approximate surface area is 121 Å². The van der Waals surface area contributed by atoms with E-state index in [1.807, 2.05) is 19.2 Å². The lowest BCUT2D eigenvalue weighted by Crippen LogP contribution is -2.40. The quantitative estimate of drug-likeness (QED) is 0.474. The number of carbonyl (C=O) groups is 3. The summed E-state index contributed by atoms with van der Waals surface area (Å²) in [5.74, 6) is -1.72. The molecule has 1 aromatic rings. The first kappa shape index (κ1) is 16.4. The molecule has 0 bridgehead atoms. The zero-order valence-corrected chi connectivity index (χ0v) is 11.6. The van der Waals surface area contributed by atoms with Crippen LogP contribution in [0.4, 0.5) is 10.5 Å². The molecule has 5 N–H and O–H groups in total. The van der Waals surface area contributed by atoms with E-state index in [9.17, 15) is 14.4 Å². The molecule has 1 rings (SSSR count). The molecule has 0 aliphatic carbocycles. The third-order valence-electron chi connectivity index (χ3n) is 2.41. The number of carboxylic acids is 1. The Bertz CT molecular complexity index is 519. The van der Waals surface area contributed by atoms with Gasteiger partial charge in [-0.2, -0.15) is 0 Å². The molecule has 1 aromatic carbocycles. The van der Waals surface area contributed by atoms with Crippen LogP contribution in [0.3, 0.4) is 0 Å². The van der Waals surface area contributed by atoms with E-state index in [1.165, 1.54) is 0 Å². The number of carboxylic acid groups (broad SMARTS) is 1. The van der Waals surface area contributed by atoms with Gasteiger partial charge in [-0.3, -0.25) is 9.59 Å². The summed E-state index contributed by atoms with van der Waals surface area (Å²) in [4.78, 5) is 33.1. The molecule has 3 amide bonds. The van der Waals surface area contributed by atoms with E-state index in [2.05, 4.69) is 21.3 Å². The predicted octanol–water partition coefficient (Wildman–Crippen LogP) is -0.272. The van der Waals surface area contributed by atoms with Gasteiger partial charge in [-0.1, -0.05) is 12.1 Å². The zero-order chi connectivity index (χ0) is 15.7. The molecule has 0 saturated heterocycles. The van der Waals surface area contributed by atoms with E-state index in [1.54, 1.807) is 12.1 Å². The van der Waals surface area contributed by atoms with Crippen LogP contribution in [0.2, 0.25) is 0 Å². The standard InChI is InChI=1S/C13H18N4O4/c1-14-6-9-3-2-4-10(5-9)17-13(21)16-7-11(18)15-8-12(19)20/h2-5,14H,6-8H2,1H3,(H,15,18)(H,19,20)(H2,16,17,21). The molecule has 0 radical (unpaired) electrons. The summed E-state index contributed by atoms with van der Waals surface area (Å²) in [6.45, 7) is -0.0990. The first-order valence-corrected chi connectivity index (χ1v) is 6.28. The Balaban J connectivity index is 2.38. The van der Waals surface area contributed by atoms with Crippen molar-refractivity contribution in [2.75, 3.05) is 25.5 Å². The van der Waals surface area contributed by atoms with Crippen molar-refractivity contribution in [2.45, 2.75) is 6.54 Å². The van der Waals surface area contributed by atoms with Gasteiger partial charge < -0.3 is 26.4 Å². The van der Waals surface area contributed by atoms with Gasteiger partial charge in [-0.25, -0.2) is 4.79 Å². The second-order valence-electron chi connectivity index (χ2n) is 4.21. The van der Waals surface area contributed by atoms with E-state index >= 15 is 0 Å². The highest BCUT2D eigenvalue weighted by Crippen LogP contribution is 2.10. The van der Waals surface area contributed by atoms with Crippen LogP contribution in [-0.4, -0.2) is 43.2 Å². The maximum atomic E-state index is 11.6. The van der Waals surface area contributed by atoms with Crippen molar-refractivity contribution in [2.24, 2.45) is 0 Å². The van der Waals surface area contributed by atoms with Crippen LogP contribution >= 0.6 is 0 Å². The normalized spacial score (nSPS) is 9.76. The number of urea groups is 1. The third-order valence-corrected chi connectivity index (χ3v) is 2.41. The molecule has 8 heteroatoms. The van der Waals surface area contributed by atoms with Gasteiger partial charge in [0.05, 0.1) is 6.54 Å². The van der Waals surface area contributed by atoms with Crippen LogP contribution in [0.5, 0.6) is 0 Å². The summed E-state index contributed by atoms with van der Waals surface area (Å²) >= 11 is 0. The van der Waals surface area contributed by atoms with E-state index in [4.69, 9.17) is 5.11 Å². The lowest BCUT2D eigenvalue weighted by molar-refractivity contribution is -0.137. The van der Waals surface area contributed by atoms with Gasteiger partial charge in [0.25, 0.3) is 0 Å². The van der Waals surface area contributed by atoms with Gasteiger partial charge in [0.2, 0.25) is 5.91 Å². The summed E-state index contributed by atoms with van der Waals surface area (Å²) in [5, 5.41) is 18.4. The van der Waals surface area contributed by atoms with Gasteiger partial charge >= 0.3 is 12.0 Å². The highest BCUT2D eigenvalue weighted by molar-refractivity contribution is 5.92. The molecule has 8 nitrogen and oxygen atoms in total. The maximum absolute atomic E-state index is 11.6. The third kappa shape index (κ3) is 6.92.